The molecule has 2 rings (SSSR count). The van der Waals surface area contributed by atoms with E-state index in [1.54, 1.807) is 12.1 Å². The molecule has 0 spiro atoms. The maximum atomic E-state index is 12.0. The number of nitrogens with one attached hydrogen (secondary N) is 1. The van der Waals surface area contributed by atoms with E-state index in [0.29, 0.717) is 11.4 Å². The van der Waals surface area contributed by atoms with Gasteiger partial charge in [0.15, 0.2) is 11.3 Å². The molecule has 1 amide bonds. The van der Waals surface area contributed by atoms with Crippen LogP contribution in [0, 0.1) is 6.92 Å². The standard InChI is InChI=1S/C18H19ClN2O4/c1-12-6-3-4-8-15(12)24-11-9-16(22)25-13(2)18(23)21-14-7-5-10-20-17(14)19/h3-8,10,13H,9,11H2,1-2H3,(H,21,23)/t13-/m0/s1. The van der Waals surface area contributed by atoms with E-state index in [0.717, 1.165) is 5.56 Å². The SMILES string of the molecule is Cc1ccccc1OCCC(=O)O[C@@H](C)C(=O)Nc1cccnc1Cl. The fraction of sp³-hybridized carbons (Fsp3) is 0.278. The van der Waals surface area contributed by atoms with Crippen molar-refractivity contribution in [2.45, 2.75) is 26.4 Å². The molecule has 6 nitrogen and oxygen atoms in total. The van der Waals surface area contributed by atoms with Gasteiger partial charge in [-0.25, -0.2) is 4.98 Å². The summed E-state index contributed by atoms with van der Waals surface area (Å²) in [5.74, 6) is -0.288. The molecule has 132 valence electrons. The minimum atomic E-state index is -0.956. The van der Waals surface area contributed by atoms with Crippen LogP contribution in [0.3, 0.4) is 0 Å². The van der Waals surface area contributed by atoms with Gasteiger partial charge in [0, 0.05) is 6.20 Å². The molecule has 0 bridgehead atoms. The van der Waals surface area contributed by atoms with Crippen LogP contribution in [0.5, 0.6) is 5.75 Å². The Hall–Kier alpha value is -2.60. The van der Waals surface area contributed by atoms with Gasteiger partial charge in [0.1, 0.15) is 5.75 Å². The third-order valence-electron chi connectivity index (χ3n) is 3.35. The first-order valence-electron chi connectivity index (χ1n) is 7.76. The van der Waals surface area contributed by atoms with Gasteiger partial charge in [-0.2, -0.15) is 0 Å². The summed E-state index contributed by atoms with van der Waals surface area (Å²) in [5.41, 5.74) is 1.34. The van der Waals surface area contributed by atoms with E-state index in [4.69, 9.17) is 21.1 Å². The molecule has 0 saturated carbocycles. The first-order chi connectivity index (χ1) is 12.0. The second kappa shape index (κ2) is 9.03. The van der Waals surface area contributed by atoms with Gasteiger partial charge in [-0.05, 0) is 37.6 Å². The quantitative estimate of drug-likeness (QED) is 0.603. The van der Waals surface area contributed by atoms with Gasteiger partial charge in [0.2, 0.25) is 0 Å². The van der Waals surface area contributed by atoms with E-state index in [2.05, 4.69) is 10.3 Å². The summed E-state index contributed by atoms with van der Waals surface area (Å²) in [6.07, 6.45) is 0.595. The Bertz CT molecular complexity index is 751. The van der Waals surface area contributed by atoms with E-state index >= 15 is 0 Å². The zero-order chi connectivity index (χ0) is 18.2. The molecule has 0 aliphatic carbocycles. The van der Waals surface area contributed by atoms with Crippen molar-refractivity contribution in [1.82, 2.24) is 4.98 Å². The number of esters is 1. The van der Waals surface area contributed by atoms with Crippen LogP contribution in [0.25, 0.3) is 0 Å². The van der Waals surface area contributed by atoms with Crippen LogP contribution in [-0.2, 0) is 14.3 Å². The summed E-state index contributed by atoms with van der Waals surface area (Å²) < 4.78 is 10.6. The predicted molar refractivity (Wildman–Crippen MR) is 94.7 cm³/mol. The Morgan fingerprint density at radius 3 is 2.72 bits per heavy atom. The fourth-order valence-corrected chi connectivity index (χ4v) is 2.15. The summed E-state index contributed by atoms with van der Waals surface area (Å²) in [7, 11) is 0. The van der Waals surface area contributed by atoms with Crippen molar-refractivity contribution < 1.29 is 19.1 Å². The number of halogens is 1. The largest absolute Gasteiger partial charge is 0.493 e. The molecule has 25 heavy (non-hydrogen) atoms. The number of anilines is 1. The number of nitrogens with zero attached hydrogens (tertiary/aromatic N) is 1. The van der Waals surface area contributed by atoms with Crippen LogP contribution in [0.15, 0.2) is 42.6 Å². The van der Waals surface area contributed by atoms with E-state index in [1.165, 1.54) is 13.1 Å². The summed E-state index contributed by atoms with van der Waals surface area (Å²) in [6.45, 7) is 3.58. The normalized spacial score (nSPS) is 11.5. The Kier molecular flexibility index (Phi) is 6.77. The van der Waals surface area contributed by atoms with Crippen molar-refractivity contribution in [2.24, 2.45) is 0 Å². The average Bonchev–Trinajstić information content (AvgIpc) is 2.58. The lowest BCUT2D eigenvalue weighted by molar-refractivity contribution is -0.153. The maximum Gasteiger partial charge on any atom is 0.310 e. The highest BCUT2D eigenvalue weighted by molar-refractivity contribution is 6.32. The molecule has 1 N–H and O–H groups in total. The molecular formula is C18H19ClN2O4. The molecular weight excluding hydrogens is 344 g/mol. The predicted octanol–water partition coefficient (Wildman–Crippen LogP) is 3.38. The van der Waals surface area contributed by atoms with Crippen LogP contribution in [0.1, 0.15) is 18.9 Å². The number of aryl methyl sites for hydroxylation is 1. The van der Waals surface area contributed by atoms with Crippen LogP contribution in [0.4, 0.5) is 5.69 Å². The smallest absolute Gasteiger partial charge is 0.310 e. The average molecular weight is 363 g/mol. The van der Waals surface area contributed by atoms with Gasteiger partial charge in [0.25, 0.3) is 5.91 Å². The number of hydrogen-bond donors (Lipinski definition) is 1. The lowest BCUT2D eigenvalue weighted by Gasteiger charge is -2.14. The monoisotopic (exact) mass is 362 g/mol. The zero-order valence-corrected chi connectivity index (χ0v) is 14.7. The van der Waals surface area contributed by atoms with E-state index in [-0.39, 0.29) is 18.2 Å². The van der Waals surface area contributed by atoms with Crippen molar-refractivity contribution >= 4 is 29.2 Å². The van der Waals surface area contributed by atoms with Gasteiger partial charge in [-0.15, -0.1) is 0 Å². The minimum Gasteiger partial charge on any atom is -0.493 e. The van der Waals surface area contributed by atoms with Gasteiger partial charge in [0.05, 0.1) is 18.7 Å². The Morgan fingerprint density at radius 2 is 2.00 bits per heavy atom. The number of aromatic nitrogens is 1. The van der Waals surface area contributed by atoms with Crippen LogP contribution >= 0.6 is 11.6 Å². The third-order valence-corrected chi connectivity index (χ3v) is 3.65. The van der Waals surface area contributed by atoms with Crippen LogP contribution < -0.4 is 10.1 Å². The third kappa shape index (κ3) is 5.76. The molecule has 7 heteroatoms. The molecule has 2 aromatic rings. The number of amides is 1. The fourth-order valence-electron chi connectivity index (χ4n) is 1.99. The molecule has 1 heterocycles. The highest BCUT2D eigenvalue weighted by Crippen LogP contribution is 2.18. The zero-order valence-electron chi connectivity index (χ0n) is 14.0. The topological polar surface area (TPSA) is 77.5 Å². The molecule has 1 aromatic heterocycles. The Balaban J connectivity index is 1.77. The molecule has 1 aromatic carbocycles. The highest BCUT2D eigenvalue weighted by Gasteiger charge is 2.19. The molecule has 0 unspecified atom stereocenters. The lowest BCUT2D eigenvalue weighted by atomic mass is 10.2. The second-order valence-corrected chi connectivity index (χ2v) is 5.69. The van der Waals surface area contributed by atoms with Crippen molar-refractivity contribution in [3.63, 3.8) is 0 Å². The molecule has 0 radical (unpaired) electrons. The first kappa shape index (κ1) is 18.7. The Labute approximate surface area is 151 Å². The van der Waals surface area contributed by atoms with Gasteiger partial charge >= 0.3 is 5.97 Å². The number of para-hydroxylation sites is 1. The summed E-state index contributed by atoms with van der Waals surface area (Å²) >= 11 is 5.87. The van der Waals surface area contributed by atoms with E-state index in [1.807, 2.05) is 31.2 Å². The first-order valence-corrected chi connectivity index (χ1v) is 8.14. The van der Waals surface area contributed by atoms with E-state index < -0.39 is 18.0 Å². The number of benzene rings is 1. The summed E-state index contributed by atoms with van der Waals surface area (Å²) in [4.78, 5) is 27.7. The maximum absolute atomic E-state index is 12.0. The number of carbonyl (C=O) groups excluding carboxylic acids is 2. The van der Waals surface area contributed by atoms with Crippen LogP contribution in [0.2, 0.25) is 5.15 Å². The molecule has 0 aliphatic rings. The van der Waals surface area contributed by atoms with Gasteiger partial charge < -0.3 is 14.8 Å². The van der Waals surface area contributed by atoms with Crippen molar-refractivity contribution in [3.8, 4) is 5.75 Å². The molecule has 0 saturated heterocycles. The van der Waals surface area contributed by atoms with Crippen molar-refractivity contribution in [1.29, 1.82) is 0 Å². The number of pyridine rings is 1. The Morgan fingerprint density at radius 1 is 1.24 bits per heavy atom. The number of hydrogen-bond acceptors (Lipinski definition) is 5. The van der Waals surface area contributed by atoms with Crippen molar-refractivity contribution in [2.75, 3.05) is 11.9 Å². The second-order valence-electron chi connectivity index (χ2n) is 5.33. The van der Waals surface area contributed by atoms with Gasteiger partial charge in [-0.1, -0.05) is 29.8 Å². The molecule has 0 aliphatic heterocycles. The lowest BCUT2D eigenvalue weighted by Crippen LogP contribution is -2.30. The number of carbonyl (C=O) groups is 2. The molecule has 0 fully saturated rings. The number of ether oxygens (including phenoxy) is 2. The molecule has 1 atom stereocenters. The highest BCUT2D eigenvalue weighted by atomic mass is 35.5. The van der Waals surface area contributed by atoms with Gasteiger partial charge in [-0.3, -0.25) is 9.59 Å². The van der Waals surface area contributed by atoms with E-state index in [9.17, 15) is 9.59 Å². The summed E-state index contributed by atoms with van der Waals surface area (Å²) in [5, 5.41) is 2.73. The number of rotatable bonds is 7. The van der Waals surface area contributed by atoms with Crippen LogP contribution in [-0.4, -0.2) is 29.6 Å². The van der Waals surface area contributed by atoms with Crippen molar-refractivity contribution in [3.05, 3.63) is 53.3 Å². The minimum absolute atomic E-state index is 0.0413. The summed E-state index contributed by atoms with van der Waals surface area (Å²) in [6, 6.07) is 10.8.